The Bertz CT molecular complexity index is 119. The topological polar surface area (TPSA) is 3.24 Å². The summed E-state index contributed by atoms with van der Waals surface area (Å²) in [6, 6.07) is 0. The third kappa shape index (κ3) is 6.02. The average molecular weight is 262 g/mol. The summed E-state index contributed by atoms with van der Waals surface area (Å²) in [5.41, 5.74) is 0. The minimum Gasteiger partial charge on any atom is -0.303 e. The molecule has 1 nitrogen and oxygen atoms in total. The molecule has 0 aromatic rings. The molecular formula is C12H24BrN. The van der Waals surface area contributed by atoms with Gasteiger partial charge < -0.3 is 4.90 Å². The molecule has 0 spiro atoms. The van der Waals surface area contributed by atoms with Gasteiger partial charge in [-0.15, -0.1) is 0 Å². The smallest absolute Gasteiger partial charge is 0.00313 e. The summed E-state index contributed by atoms with van der Waals surface area (Å²) in [4.78, 5) is 2.67. The van der Waals surface area contributed by atoms with Crippen molar-refractivity contribution in [3.05, 3.63) is 0 Å². The number of alkyl halides is 1. The van der Waals surface area contributed by atoms with Gasteiger partial charge in [0.1, 0.15) is 0 Å². The molecule has 0 N–H and O–H groups in total. The zero-order chi connectivity index (χ0) is 10.1. The maximum Gasteiger partial charge on any atom is 0.00313 e. The van der Waals surface area contributed by atoms with Crippen LogP contribution >= 0.6 is 15.9 Å². The quantitative estimate of drug-likeness (QED) is 0.519. The average Bonchev–Trinajstić information content (AvgIpc) is 2.46. The Hall–Kier alpha value is 0.440. The molecule has 0 amide bonds. The van der Waals surface area contributed by atoms with Crippen molar-refractivity contribution in [2.24, 2.45) is 0 Å². The van der Waals surface area contributed by atoms with Gasteiger partial charge in [-0.25, -0.2) is 0 Å². The van der Waals surface area contributed by atoms with Crippen LogP contribution in [-0.4, -0.2) is 29.9 Å². The highest BCUT2D eigenvalue weighted by atomic mass is 79.9. The lowest BCUT2D eigenvalue weighted by molar-refractivity contribution is 0.278. The van der Waals surface area contributed by atoms with Crippen molar-refractivity contribution in [1.82, 2.24) is 4.90 Å². The second kappa shape index (κ2) is 8.72. The fourth-order valence-corrected chi connectivity index (χ4v) is 2.54. The van der Waals surface area contributed by atoms with E-state index in [1.807, 2.05) is 0 Å². The molecule has 0 aromatic carbocycles. The van der Waals surface area contributed by atoms with E-state index in [0.717, 1.165) is 0 Å². The van der Waals surface area contributed by atoms with Crippen LogP contribution in [0.2, 0.25) is 0 Å². The number of halogens is 1. The Kier molecular flexibility index (Phi) is 7.80. The van der Waals surface area contributed by atoms with Gasteiger partial charge in [0.05, 0.1) is 0 Å². The maximum absolute atomic E-state index is 3.48. The molecule has 0 aromatic heterocycles. The van der Waals surface area contributed by atoms with Crippen LogP contribution in [0.4, 0.5) is 0 Å². The molecule has 0 aliphatic carbocycles. The van der Waals surface area contributed by atoms with E-state index in [1.165, 1.54) is 76.3 Å². The molecule has 0 bridgehead atoms. The fourth-order valence-electron chi connectivity index (χ4n) is 2.14. The second-order valence-electron chi connectivity index (χ2n) is 4.36. The van der Waals surface area contributed by atoms with E-state index in [2.05, 4.69) is 20.8 Å². The van der Waals surface area contributed by atoms with Crippen molar-refractivity contribution in [1.29, 1.82) is 0 Å². The van der Waals surface area contributed by atoms with Crippen LogP contribution in [0.15, 0.2) is 0 Å². The summed E-state index contributed by atoms with van der Waals surface area (Å²) in [5.74, 6) is 0. The van der Waals surface area contributed by atoms with Crippen LogP contribution < -0.4 is 0 Å². The van der Waals surface area contributed by atoms with Crippen LogP contribution in [0.5, 0.6) is 0 Å². The molecule has 1 rings (SSSR count). The van der Waals surface area contributed by atoms with E-state index >= 15 is 0 Å². The number of likely N-dealkylation sites (tertiary alicyclic amines) is 1. The van der Waals surface area contributed by atoms with Crippen molar-refractivity contribution in [3.8, 4) is 0 Å². The monoisotopic (exact) mass is 261 g/mol. The van der Waals surface area contributed by atoms with Crippen LogP contribution in [0.3, 0.4) is 0 Å². The van der Waals surface area contributed by atoms with Crippen molar-refractivity contribution >= 4 is 15.9 Å². The highest BCUT2D eigenvalue weighted by Crippen LogP contribution is 2.11. The molecule has 84 valence electrons. The molecule has 0 radical (unpaired) electrons. The van der Waals surface area contributed by atoms with Crippen LogP contribution in [-0.2, 0) is 0 Å². The lowest BCUT2D eigenvalue weighted by Gasteiger charge is -2.19. The van der Waals surface area contributed by atoms with Crippen LogP contribution in [0.25, 0.3) is 0 Å². The van der Waals surface area contributed by atoms with E-state index in [4.69, 9.17) is 0 Å². The Balaban J connectivity index is 1.93. The molecule has 0 unspecified atom stereocenters. The van der Waals surface area contributed by atoms with E-state index < -0.39 is 0 Å². The first-order valence-corrected chi connectivity index (χ1v) is 7.34. The lowest BCUT2D eigenvalue weighted by atomic mass is 10.2. The zero-order valence-electron chi connectivity index (χ0n) is 9.31. The van der Waals surface area contributed by atoms with Gasteiger partial charge in [-0.05, 0) is 45.3 Å². The molecule has 0 saturated carbocycles. The van der Waals surface area contributed by atoms with E-state index in [1.54, 1.807) is 0 Å². The summed E-state index contributed by atoms with van der Waals surface area (Å²) in [6.45, 7) is 4.07. The molecule has 1 aliphatic rings. The second-order valence-corrected chi connectivity index (χ2v) is 5.15. The van der Waals surface area contributed by atoms with Gasteiger partial charge in [-0.1, -0.05) is 41.6 Å². The summed E-state index contributed by atoms with van der Waals surface area (Å²) in [7, 11) is 0. The van der Waals surface area contributed by atoms with Gasteiger partial charge in [-0.2, -0.15) is 0 Å². The molecule has 2 heteroatoms. The number of nitrogens with zero attached hydrogens (tertiary/aromatic N) is 1. The van der Waals surface area contributed by atoms with Gasteiger partial charge in [-0.3, -0.25) is 0 Å². The number of hydrogen-bond donors (Lipinski definition) is 0. The molecule has 0 atom stereocenters. The van der Waals surface area contributed by atoms with Gasteiger partial charge in [0, 0.05) is 5.33 Å². The summed E-state index contributed by atoms with van der Waals surface area (Å²) < 4.78 is 0. The molecular weight excluding hydrogens is 238 g/mol. The summed E-state index contributed by atoms with van der Waals surface area (Å²) in [6.07, 6.45) is 11.4. The van der Waals surface area contributed by atoms with E-state index in [9.17, 15) is 0 Å². The minimum atomic E-state index is 1.18. The molecule has 1 aliphatic heterocycles. The summed E-state index contributed by atoms with van der Waals surface area (Å²) in [5, 5.41) is 1.18. The first kappa shape index (κ1) is 12.5. The fraction of sp³-hybridized carbons (Fsp3) is 1.00. The van der Waals surface area contributed by atoms with Crippen molar-refractivity contribution < 1.29 is 0 Å². The number of hydrogen-bond acceptors (Lipinski definition) is 1. The SMILES string of the molecule is BrCCCCCCN1CCCCCC1. The summed E-state index contributed by atoms with van der Waals surface area (Å²) >= 11 is 3.48. The standard InChI is InChI=1S/C12H24BrN/c13-9-5-1-2-6-10-14-11-7-3-4-8-12-14/h1-12H2. The third-order valence-electron chi connectivity index (χ3n) is 3.06. The van der Waals surface area contributed by atoms with Gasteiger partial charge >= 0.3 is 0 Å². The molecule has 1 heterocycles. The Morgan fingerprint density at radius 1 is 0.786 bits per heavy atom. The third-order valence-corrected chi connectivity index (χ3v) is 3.62. The highest BCUT2D eigenvalue weighted by molar-refractivity contribution is 9.09. The minimum absolute atomic E-state index is 1.18. The van der Waals surface area contributed by atoms with Gasteiger partial charge in [0.25, 0.3) is 0 Å². The maximum atomic E-state index is 3.48. The molecule has 1 fully saturated rings. The predicted octanol–water partition coefficient (Wildman–Crippen LogP) is 3.82. The lowest BCUT2D eigenvalue weighted by Crippen LogP contribution is -2.25. The van der Waals surface area contributed by atoms with Crippen LogP contribution in [0.1, 0.15) is 51.4 Å². The zero-order valence-corrected chi connectivity index (χ0v) is 10.9. The van der Waals surface area contributed by atoms with Crippen molar-refractivity contribution in [2.75, 3.05) is 25.0 Å². The van der Waals surface area contributed by atoms with E-state index in [0.29, 0.717) is 0 Å². The van der Waals surface area contributed by atoms with Gasteiger partial charge in [0.2, 0.25) is 0 Å². The number of unbranched alkanes of at least 4 members (excludes halogenated alkanes) is 3. The first-order valence-electron chi connectivity index (χ1n) is 6.22. The predicted molar refractivity (Wildman–Crippen MR) is 67.2 cm³/mol. The normalized spacial score (nSPS) is 19.5. The van der Waals surface area contributed by atoms with Crippen LogP contribution in [0, 0.1) is 0 Å². The molecule has 14 heavy (non-hydrogen) atoms. The Morgan fingerprint density at radius 2 is 1.43 bits per heavy atom. The number of rotatable bonds is 6. The Morgan fingerprint density at radius 3 is 2.07 bits per heavy atom. The highest BCUT2D eigenvalue weighted by Gasteiger charge is 2.07. The van der Waals surface area contributed by atoms with Crippen molar-refractivity contribution in [2.45, 2.75) is 51.4 Å². The molecule has 1 saturated heterocycles. The van der Waals surface area contributed by atoms with Gasteiger partial charge in [0.15, 0.2) is 0 Å². The largest absolute Gasteiger partial charge is 0.303 e. The first-order chi connectivity index (χ1) is 6.93. The van der Waals surface area contributed by atoms with E-state index in [-0.39, 0.29) is 0 Å². The Labute approximate surface area is 97.4 Å². The van der Waals surface area contributed by atoms with Crippen molar-refractivity contribution in [3.63, 3.8) is 0 Å².